The number of carbonyl (C=O) groups is 2. The van der Waals surface area contributed by atoms with Crippen LogP contribution in [0.5, 0.6) is 0 Å². The molecule has 0 saturated carbocycles. The molecule has 3 aromatic rings. The van der Waals surface area contributed by atoms with Crippen LogP contribution in [0.3, 0.4) is 0 Å². The predicted molar refractivity (Wildman–Crippen MR) is 149 cm³/mol. The lowest BCUT2D eigenvalue weighted by Gasteiger charge is -2.40. The van der Waals surface area contributed by atoms with E-state index < -0.39 is 33.6 Å². The quantitative estimate of drug-likeness (QED) is 0.192. The summed E-state index contributed by atoms with van der Waals surface area (Å²) in [5.41, 5.74) is 6.34. The summed E-state index contributed by atoms with van der Waals surface area (Å²) in [7, 11) is -3.99. The summed E-state index contributed by atoms with van der Waals surface area (Å²) in [6.07, 6.45) is -5.26. The molecule has 222 valence electrons. The smallest absolute Gasteiger partial charge is 0.384 e. The Morgan fingerprint density at radius 1 is 0.952 bits per heavy atom. The standard InChI is InChI=1S/C27H27F3N6O5S/c28-27(29,30)25(38)41-36-14-12-26(13-15-36,35-20-5-3-4-18(16-20)23(31)32)24(37)34-19-10-8-17(9-11-19)21-6-1-2-7-22(21)42(33,39)40/h1-11,16,35H,12-15H2,(H3,31,32)(H,34,37)(H2,33,39,40). The SMILES string of the molecule is N=C(N)c1cccc(NC2(C(=O)Nc3ccc(-c4ccccc4S(N)(=O)=O)cc3)CCN(OC(=O)C(F)(F)F)CC2)c1. The Morgan fingerprint density at radius 3 is 2.19 bits per heavy atom. The van der Waals surface area contributed by atoms with Gasteiger partial charge in [0.25, 0.3) is 0 Å². The van der Waals surface area contributed by atoms with Crippen LogP contribution in [0, 0.1) is 5.41 Å². The topological polar surface area (TPSA) is 181 Å². The fraction of sp³-hybridized carbons (Fsp3) is 0.222. The number of primary sulfonamides is 1. The normalized spacial score (nSPS) is 15.4. The molecule has 7 N–H and O–H groups in total. The Labute approximate surface area is 239 Å². The number of benzene rings is 3. The maximum Gasteiger partial charge on any atom is 0.492 e. The molecule has 15 heteroatoms. The monoisotopic (exact) mass is 604 g/mol. The Kier molecular flexibility index (Phi) is 8.56. The Bertz CT molecular complexity index is 1600. The van der Waals surface area contributed by atoms with E-state index in [1.54, 1.807) is 66.7 Å². The second-order valence-electron chi connectivity index (χ2n) is 9.58. The number of hydroxylamine groups is 2. The number of nitrogens with one attached hydrogen (secondary N) is 3. The molecule has 1 fully saturated rings. The number of nitrogens with zero attached hydrogens (tertiary/aromatic N) is 1. The second kappa shape index (κ2) is 11.8. The number of piperidine rings is 1. The third-order valence-corrected chi connectivity index (χ3v) is 7.63. The molecule has 0 radical (unpaired) electrons. The number of rotatable bonds is 8. The average molecular weight is 605 g/mol. The molecule has 1 aliphatic heterocycles. The highest BCUT2D eigenvalue weighted by Crippen LogP contribution is 2.32. The average Bonchev–Trinajstić information content (AvgIpc) is 2.93. The van der Waals surface area contributed by atoms with Crippen molar-refractivity contribution < 1.29 is 36.0 Å². The summed E-state index contributed by atoms with van der Waals surface area (Å²) in [4.78, 5) is 29.4. The lowest BCUT2D eigenvalue weighted by atomic mass is 9.86. The van der Waals surface area contributed by atoms with Gasteiger partial charge >= 0.3 is 12.1 Å². The highest BCUT2D eigenvalue weighted by Gasteiger charge is 2.46. The first-order valence-corrected chi connectivity index (χ1v) is 14.0. The fourth-order valence-electron chi connectivity index (χ4n) is 4.51. The molecule has 42 heavy (non-hydrogen) atoms. The van der Waals surface area contributed by atoms with Crippen LogP contribution < -0.4 is 21.5 Å². The number of sulfonamides is 1. The molecule has 1 aliphatic rings. The molecule has 11 nitrogen and oxygen atoms in total. The molecular formula is C27H27F3N6O5S. The number of hydrogen-bond acceptors (Lipinski definition) is 8. The number of nitrogens with two attached hydrogens (primary N) is 2. The van der Waals surface area contributed by atoms with E-state index >= 15 is 0 Å². The maximum absolute atomic E-state index is 13.7. The Morgan fingerprint density at radius 2 is 1.60 bits per heavy atom. The zero-order chi connectivity index (χ0) is 30.7. The minimum absolute atomic E-state index is 0.0475. The molecule has 1 amide bonds. The third-order valence-electron chi connectivity index (χ3n) is 6.66. The van der Waals surface area contributed by atoms with E-state index in [2.05, 4.69) is 15.5 Å². The van der Waals surface area contributed by atoms with Crippen molar-refractivity contribution in [2.24, 2.45) is 10.9 Å². The van der Waals surface area contributed by atoms with Crippen molar-refractivity contribution in [3.05, 3.63) is 78.4 Å². The van der Waals surface area contributed by atoms with Gasteiger partial charge in [0.05, 0.1) is 4.90 Å². The Balaban J connectivity index is 1.57. The number of alkyl halides is 3. The number of anilines is 2. The van der Waals surface area contributed by atoms with Crippen LogP contribution in [0.25, 0.3) is 11.1 Å². The van der Waals surface area contributed by atoms with E-state index in [0.29, 0.717) is 28.1 Å². The third kappa shape index (κ3) is 7.05. The molecular weight excluding hydrogens is 577 g/mol. The number of nitrogen functional groups attached to an aromatic ring is 1. The van der Waals surface area contributed by atoms with Gasteiger partial charge in [0.1, 0.15) is 11.4 Å². The molecule has 3 aromatic carbocycles. The van der Waals surface area contributed by atoms with Gasteiger partial charge < -0.3 is 21.2 Å². The molecule has 1 saturated heterocycles. The molecule has 0 atom stereocenters. The zero-order valence-electron chi connectivity index (χ0n) is 21.9. The first-order valence-electron chi connectivity index (χ1n) is 12.5. The highest BCUT2D eigenvalue weighted by molar-refractivity contribution is 7.89. The summed E-state index contributed by atoms with van der Waals surface area (Å²) in [5, 5.41) is 19.8. The second-order valence-corrected chi connectivity index (χ2v) is 11.1. The molecule has 0 aromatic heterocycles. The lowest BCUT2D eigenvalue weighted by Crippen LogP contribution is -2.57. The first-order chi connectivity index (χ1) is 19.7. The number of amidine groups is 1. The summed E-state index contributed by atoms with van der Waals surface area (Å²) in [6.45, 7) is -0.365. The van der Waals surface area contributed by atoms with Crippen LogP contribution in [-0.2, 0) is 24.4 Å². The van der Waals surface area contributed by atoms with Gasteiger partial charge in [-0.25, -0.2) is 18.4 Å². The van der Waals surface area contributed by atoms with Crippen molar-refractivity contribution in [1.29, 1.82) is 5.41 Å². The molecule has 4 rings (SSSR count). The van der Waals surface area contributed by atoms with Crippen molar-refractivity contribution in [3.8, 4) is 11.1 Å². The first kappa shape index (κ1) is 30.5. The summed E-state index contributed by atoms with van der Waals surface area (Å²) in [6, 6.07) is 19.0. The van der Waals surface area contributed by atoms with Gasteiger partial charge in [-0.05, 0) is 48.7 Å². The van der Waals surface area contributed by atoms with Crippen LogP contribution in [0.1, 0.15) is 18.4 Å². The molecule has 0 spiro atoms. The van der Waals surface area contributed by atoms with Gasteiger partial charge in [0.15, 0.2) is 0 Å². The van der Waals surface area contributed by atoms with E-state index in [9.17, 15) is 31.2 Å². The highest BCUT2D eigenvalue weighted by atomic mass is 32.2. The van der Waals surface area contributed by atoms with Crippen LogP contribution in [0.15, 0.2) is 77.7 Å². The minimum atomic E-state index is -5.17. The van der Waals surface area contributed by atoms with Gasteiger partial charge in [-0.2, -0.15) is 13.2 Å². The van der Waals surface area contributed by atoms with E-state index in [4.69, 9.17) is 16.3 Å². The summed E-state index contributed by atoms with van der Waals surface area (Å²) >= 11 is 0. The van der Waals surface area contributed by atoms with E-state index in [1.807, 2.05) is 0 Å². The van der Waals surface area contributed by atoms with Crippen molar-refractivity contribution in [2.45, 2.75) is 29.5 Å². The number of halogens is 3. The van der Waals surface area contributed by atoms with Gasteiger partial charge in [-0.3, -0.25) is 10.2 Å². The van der Waals surface area contributed by atoms with Crippen LogP contribution in [-0.4, -0.2) is 56.0 Å². The van der Waals surface area contributed by atoms with Gasteiger partial charge in [0, 0.05) is 35.6 Å². The van der Waals surface area contributed by atoms with E-state index in [1.165, 1.54) is 6.07 Å². The van der Waals surface area contributed by atoms with E-state index in [0.717, 1.165) is 5.06 Å². The number of hydrogen-bond donors (Lipinski definition) is 5. The number of carbonyl (C=O) groups excluding carboxylic acids is 2. The predicted octanol–water partition coefficient (Wildman–Crippen LogP) is 3.19. The minimum Gasteiger partial charge on any atom is -0.384 e. The molecule has 0 aliphatic carbocycles. The van der Waals surface area contributed by atoms with Crippen molar-refractivity contribution in [1.82, 2.24) is 5.06 Å². The van der Waals surface area contributed by atoms with Crippen molar-refractivity contribution in [3.63, 3.8) is 0 Å². The van der Waals surface area contributed by atoms with E-state index in [-0.39, 0.29) is 36.7 Å². The molecule has 0 unspecified atom stereocenters. The van der Waals surface area contributed by atoms with Crippen molar-refractivity contribution in [2.75, 3.05) is 23.7 Å². The zero-order valence-corrected chi connectivity index (χ0v) is 22.8. The van der Waals surface area contributed by atoms with Gasteiger partial charge in [0.2, 0.25) is 15.9 Å². The largest absolute Gasteiger partial charge is 0.492 e. The van der Waals surface area contributed by atoms with Gasteiger partial charge in [-0.15, -0.1) is 5.06 Å². The van der Waals surface area contributed by atoms with Crippen LogP contribution in [0.4, 0.5) is 24.5 Å². The van der Waals surface area contributed by atoms with Crippen molar-refractivity contribution >= 4 is 39.1 Å². The summed E-state index contributed by atoms with van der Waals surface area (Å²) in [5.74, 6) is -3.07. The van der Waals surface area contributed by atoms with Crippen LogP contribution >= 0.6 is 0 Å². The van der Waals surface area contributed by atoms with Gasteiger partial charge in [-0.1, -0.05) is 42.5 Å². The summed E-state index contributed by atoms with van der Waals surface area (Å²) < 4.78 is 62.1. The molecule has 0 bridgehead atoms. The Hall–Kier alpha value is -4.47. The molecule has 1 heterocycles. The van der Waals surface area contributed by atoms with Crippen LogP contribution in [0.2, 0.25) is 0 Å². The maximum atomic E-state index is 13.7. The fourth-order valence-corrected chi connectivity index (χ4v) is 5.28. The number of amides is 1. The lowest BCUT2D eigenvalue weighted by molar-refractivity contribution is -0.242.